The molecule has 68 valence electrons. The van der Waals surface area contributed by atoms with Crippen LogP contribution >= 0.6 is 11.6 Å². The van der Waals surface area contributed by atoms with Crippen molar-refractivity contribution in [2.24, 2.45) is 5.92 Å². The lowest BCUT2D eigenvalue weighted by molar-refractivity contribution is -0.153. The molecule has 12 heavy (non-hydrogen) atoms. The molecule has 0 radical (unpaired) electrons. The van der Waals surface area contributed by atoms with Crippen LogP contribution in [0.25, 0.3) is 0 Å². The highest BCUT2D eigenvalue weighted by atomic mass is 35.5. The van der Waals surface area contributed by atoms with Crippen LogP contribution in [0.1, 0.15) is 19.3 Å². The molecule has 0 amide bonds. The normalized spacial score (nSPS) is 32.9. The van der Waals surface area contributed by atoms with E-state index in [9.17, 15) is 4.79 Å². The van der Waals surface area contributed by atoms with Crippen molar-refractivity contribution in [2.75, 3.05) is 13.2 Å². The first-order valence-corrected chi connectivity index (χ1v) is 4.57. The molecule has 3 nitrogen and oxygen atoms in total. The van der Waals surface area contributed by atoms with Gasteiger partial charge in [0.05, 0.1) is 13.2 Å². The van der Waals surface area contributed by atoms with Crippen LogP contribution in [0.3, 0.4) is 0 Å². The zero-order chi connectivity index (χ0) is 8.60. The van der Waals surface area contributed by atoms with Gasteiger partial charge in [0.2, 0.25) is 5.24 Å². The average molecular weight is 191 g/mol. The summed E-state index contributed by atoms with van der Waals surface area (Å²) in [7, 11) is 0. The second kappa shape index (κ2) is 2.98. The maximum absolute atomic E-state index is 10.8. The van der Waals surface area contributed by atoms with Crippen molar-refractivity contribution in [1.29, 1.82) is 0 Å². The molecule has 1 aliphatic carbocycles. The van der Waals surface area contributed by atoms with Gasteiger partial charge in [-0.15, -0.1) is 0 Å². The van der Waals surface area contributed by atoms with E-state index in [-0.39, 0.29) is 11.2 Å². The van der Waals surface area contributed by atoms with E-state index in [0.717, 1.165) is 12.8 Å². The van der Waals surface area contributed by atoms with Crippen molar-refractivity contribution in [3.8, 4) is 0 Å². The number of hydrogen-bond donors (Lipinski definition) is 0. The molecule has 0 aromatic heterocycles. The summed E-state index contributed by atoms with van der Waals surface area (Å²) in [5.41, 5.74) is 0. The molecule has 1 spiro atoms. The third-order valence-corrected chi connectivity index (χ3v) is 2.87. The molecule has 0 N–H and O–H groups in total. The van der Waals surface area contributed by atoms with Gasteiger partial charge >= 0.3 is 0 Å². The summed E-state index contributed by atoms with van der Waals surface area (Å²) in [5, 5.41) is -0.258. The van der Waals surface area contributed by atoms with E-state index in [1.807, 2.05) is 0 Å². The van der Waals surface area contributed by atoms with E-state index in [2.05, 4.69) is 0 Å². The molecule has 4 heteroatoms. The second-order valence-corrected chi connectivity index (χ2v) is 3.72. The Balaban J connectivity index is 2.01. The topological polar surface area (TPSA) is 35.5 Å². The SMILES string of the molecule is O=C(Cl)C1CCC2(C1)OCCO2. The zero-order valence-electron chi connectivity index (χ0n) is 6.72. The van der Waals surface area contributed by atoms with E-state index >= 15 is 0 Å². The van der Waals surface area contributed by atoms with Crippen LogP contribution in [0.15, 0.2) is 0 Å². The maximum atomic E-state index is 10.8. The number of carbonyl (C=O) groups is 1. The van der Waals surface area contributed by atoms with Gasteiger partial charge in [0.25, 0.3) is 0 Å². The van der Waals surface area contributed by atoms with Gasteiger partial charge in [-0.25, -0.2) is 0 Å². The molecule has 1 unspecified atom stereocenters. The fraction of sp³-hybridized carbons (Fsp3) is 0.875. The molecule has 0 aromatic rings. The Morgan fingerprint density at radius 1 is 1.42 bits per heavy atom. The third kappa shape index (κ3) is 1.37. The van der Waals surface area contributed by atoms with Crippen LogP contribution < -0.4 is 0 Å². The first kappa shape index (κ1) is 8.48. The van der Waals surface area contributed by atoms with Gasteiger partial charge in [-0.1, -0.05) is 0 Å². The van der Waals surface area contributed by atoms with Crippen molar-refractivity contribution in [3.63, 3.8) is 0 Å². The lowest BCUT2D eigenvalue weighted by Gasteiger charge is -2.20. The summed E-state index contributed by atoms with van der Waals surface area (Å²) in [5.74, 6) is -0.528. The zero-order valence-corrected chi connectivity index (χ0v) is 7.47. The molecular weight excluding hydrogens is 180 g/mol. The van der Waals surface area contributed by atoms with Gasteiger partial charge in [-0.3, -0.25) is 4.79 Å². The Bertz CT molecular complexity index is 198. The number of carbonyl (C=O) groups excluding carboxylic acids is 1. The van der Waals surface area contributed by atoms with Crippen molar-refractivity contribution in [2.45, 2.75) is 25.0 Å². The Morgan fingerprint density at radius 3 is 2.58 bits per heavy atom. The standard InChI is InChI=1S/C8H11ClO3/c9-7(10)6-1-2-8(5-6)11-3-4-12-8/h6H,1-5H2. The molecule has 1 aliphatic heterocycles. The largest absolute Gasteiger partial charge is 0.348 e. The Morgan fingerprint density at radius 2 is 2.08 bits per heavy atom. The molecule has 0 aromatic carbocycles. The van der Waals surface area contributed by atoms with Crippen LogP contribution in [-0.2, 0) is 14.3 Å². The van der Waals surface area contributed by atoms with E-state index < -0.39 is 5.79 Å². The number of ether oxygens (including phenoxy) is 2. The van der Waals surface area contributed by atoms with Gasteiger partial charge < -0.3 is 9.47 Å². The summed E-state index contributed by atoms with van der Waals surface area (Å²) in [6.07, 6.45) is 2.23. The monoisotopic (exact) mass is 190 g/mol. The molecule has 2 fully saturated rings. The summed E-state index contributed by atoms with van der Waals surface area (Å²) in [6, 6.07) is 0. The van der Waals surface area contributed by atoms with E-state index in [1.54, 1.807) is 0 Å². The first-order chi connectivity index (χ1) is 5.72. The quantitative estimate of drug-likeness (QED) is 0.585. The predicted molar refractivity (Wildman–Crippen MR) is 42.8 cm³/mol. The molecule has 2 aliphatic rings. The summed E-state index contributed by atoms with van der Waals surface area (Å²) < 4.78 is 10.9. The van der Waals surface area contributed by atoms with E-state index in [1.165, 1.54) is 0 Å². The highest BCUT2D eigenvalue weighted by molar-refractivity contribution is 6.64. The molecule has 2 rings (SSSR count). The lowest BCUT2D eigenvalue weighted by Crippen LogP contribution is -2.26. The molecule has 1 atom stereocenters. The Kier molecular flexibility index (Phi) is 2.10. The maximum Gasteiger partial charge on any atom is 0.224 e. The van der Waals surface area contributed by atoms with Gasteiger partial charge in [0.1, 0.15) is 0 Å². The molecular formula is C8H11ClO3. The minimum absolute atomic E-state index is 0.0650. The van der Waals surface area contributed by atoms with E-state index in [0.29, 0.717) is 19.6 Å². The molecule has 1 saturated carbocycles. The predicted octanol–water partition coefficient (Wildman–Crippen LogP) is 1.29. The van der Waals surface area contributed by atoms with Crippen LogP contribution in [0.4, 0.5) is 0 Å². The van der Waals surface area contributed by atoms with Crippen LogP contribution in [0.5, 0.6) is 0 Å². The molecule has 0 bridgehead atoms. The number of halogens is 1. The van der Waals surface area contributed by atoms with E-state index in [4.69, 9.17) is 21.1 Å². The summed E-state index contributed by atoms with van der Waals surface area (Å²) in [4.78, 5) is 10.8. The summed E-state index contributed by atoms with van der Waals surface area (Å²) in [6.45, 7) is 1.28. The smallest absolute Gasteiger partial charge is 0.224 e. The van der Waals surface area contributed by atoms with Crippen LogP contribution in [0, 0.1) is 5.92 Å². The fourth-order valence-corrected chi connectivity index (χ4v) is 2.11. The Labute approximate surface area is 76.0 Å². The Hall–Kier alpha value is -0.120. The second-order valence-electron chi connectivity index (χ2n) is 3.35. The minimum Gasteiger partial charge on any atom is -0.348 e. The van der Waals surface area contributed by atoms with Gasteiger partial charge in [-0.05, 0) is 18.0 Å². The van der Waals surface area contributed by atoms with Crippen LogP contribution in [-0.4, -0.2) is 24.2 Å². The molecule has 1 saturated heterocycles. The van der Waals surface area contributed by atoms with Crippen molar-refractivity contribution < 1.29 is 14.3 Å². The number of rotatable bonds is 1. The average Bonchev–Trinajstić information content (AvgIpc) is 2.62. The first-order valence-electron chi connectivity index (χ1n) is 4.19. The van der Waals surface area contributed by atoms with Crippen molar-refractivity contribution >= 4 is 16.8 Å². The fourth-order valence-electron chi connectivity index (χ4n) is 1.93. The highest BCUT2D eigenvalue weighted by Gasteiger charge is 2.45. The molecule has 1 heterocycles. The van der Waals surface area contributed by atoms with Gasteiger partial charge in [0, 0.05) is 18.8 Å². The van der Waals surface area contributed by atoms with Gasteiger partial charge in [-0.2, -0.15) is 0 Å². The van der Waals surface area contributed by atoms with Gasteiger partial charge in [0.15, 0.2) is 5.79 Å². The lowest BCUT2D eigenvalue weighted by atomic mass is 10.1. The number of hydrogen-bond acceptors (Lipinski definition) is 3. The van der Waals surface area contributed by atoms with Crippen molar-refractivity contribution in [3.05, 3.63) is 0 Å². The summed E-state index contributed by atoms with van der Waals surface area (Å²) >= 11 is 5.40. The van der Waals surface area contributed by atoms with Crippen LogP contribution in [0.2, 0.25) is 0 Å². The minimum atomic E-state index is -0.463. The third-order valence-electron chi connectivity index (χ3n) is 2.57. The highest BCUT2D eigenvalue weighted by Crippen LogP contribution is 2.41. The van der Waals surface area contributed by atoms with Crippen molar-refractivity contribution in [1.82, 2.24) is 0 Å².